The summed E-state index contributed by atoms with van der Waals surface area (Å²) in [6.07, 6.45) is 2.58. The van der Waals surface area contributed by atoms with Crippen molar-refractivity contribution in [3.63, 3.8) is 0 Å². The molecule has 1 aliphatic heterocycles. The topological polar surface area (TPSA) is 29.3 Å². The average Bonchev–Trinajstić information content (AvgIpc) is 2.61. The van der Waals surface area contributed by atoms with E-state index in [9.17, 15) is 0 Å². The molecule has 96 valence electrons. The van der Waals surface area contributed by atoms with Gasteiger partial charge in [0.2, 0.25) is 0 Å². The molecule has 0 amide bonds. The van der Waals surface area contributed by atoms with Gasteiger partial charge in [0, 0.05) is 19.1 Å². The van der Waals surface area contributed by atoms with E-state index in [0.717, 1.165) is 18.4 Å². The third kappa shape index (κ3) is 4.06. The molecule has 2 unspecified atom stereocenters. The van der Waals surface area contributed by atoms with Crippen LogP contribution in [-0.2, 0) is 0 Å². The van der Waals surface area contributed by atoms with E-state index in [-0.39, 0.29) is 0 Å². The number of nitrogens with zero attached hydrogens (tertiary/aromatic N) is 1. The second kappa shape index (κ2) is 5.50. The maximum absolute atomic E-state index is 5.94. The van der Waals surface area contributed by atoms with Crippen LogP contribution in [0.2, 0.25) is 0 Å². The summed E-state index contributed by atoms with van der Waals surface area (Å²) in [6.45, 7) is 14.9. The smallest absolute Gasteiger partial charge is 0.0223 e. The highest BCUT2D eigenvalue weighted by atomic mass is 15.2. The van der Waals surface area contributed by atoms with E-state index in [2.05, 4.69) is 39.5 Å². The van der Waals surface area contributed by atoms with Crippen molar-refractivity contribution in [3.05, 3.63) is 0 Å². The van der Waals surface area contributed by atoms with Gasteiger partial charge in [-0.1, -0.05) is 34.6 Å². The van der Waals surface area contributed by atoms with E-state index in [1.54, 1.807) is 0 Å². The van der Waals surface area contributed by atoms with E-state index in [1.165, 1.54) is 25.9 Å². The molecule has 0 radical (unpaired) electrons. The first kappa shape index (κ1) is 14.0. The molecule has 1 saturated heterocycles. The maximum Gasteiger partial charge on any atom is 0.0223 e. The first-order valence-electron chi connectivity index (χ1n) is 6.77. The molecule has 0 aromatic rings. The Morgan fingerprint density at radius 2 is 1.94 bits per heavy atom. The second-order valence-corrected chi connectivity index (χ2v) is 6.94. The summed E-state index contributed by atoms with van der Waals surface area (Å²) >= 11 is 0. The fourth-order valence-corrected chi connectivity index (χ4v) is 2.76. The maximum atomic E-state index is 5.94. The normalized spacial score (nSPS) is 25.3. The van der Waals surface area contributed by atoms with Crippen LogP contribution >= 0.6 is 0 Å². The summed E-state index contributed by atoms with van der Waals surface area (Å²) in [5.74, 6) is 1.70. The van der Waals surface area contributed by atoms with Crippen LogP contribution in [0.3, 0.4) is 0 Å². The molecule has 0 spiro atoms. The minimum Gasteiger partial charge on any atom is -0.329 e. The van der Waals surface area contributed by atoms with E-state index in [0.29, 0.717) is 11.5 Å². The fraction of sp³-hybridized carbons (Fsp3) is 1.00. The van der Waals surface area contributed by atoms with E-state index in [1.807, 2.05) is 0 Å². The highest BCUT2D eigenvalue weighted by molar-refractivity contribution is 4.85. The average molecular weight is 226 g/mol. The van der Waals surface area contributed by atoms with Crippen molar-refractivity contribution in [1.29, 1.82) is 0 Å². The number of hydrogen-bond donors (Lipinski definition) is 1. The van der Waals surface area contributed by atoms with Crippen LogP contribution in [0.1, 0.15) is 47.5 Å². The van der Waals surface area contributed by atoms with Gasteiger partial charge in [-0.05, 0) is 36.6 Å². The lowest BCUT2D eigenvalue weighted by Gasteiger charge is -2.32. The largest absolute Gasteiger partial charge is 0.329 e. The van der Waals surface area contributed by atoms with Gasteiger partial charge in [-0.15, -0.1) is 0 Å². The zero-order valence-electron chi connectivity index (χ0n) is 11.8. The zero-order valence-corrected chi connectivity index (χ0v) is 11.8. The van der Waals surface area contributed by atoms with Gasteiger partial charge in [0.05, 0.1) is 0 Å². The van der Waals surface area contributed by atoms with E-state index < -0.39 is 0 Å². The summed E-state index contributed by atoms with van der Waals surface area (Å²) < 4.78 is 0. The molecule has 0 aromatic heterocycles. The van der Waals surface area contributed by atoms with Gasteiger partial charge in [0.1, 0.15) is 0 Å². The third-order valence-electron chi connectivity index (χ3n) is 3.84. The van der Waals surface area contributed by atoms with Gasteiger partial charge in [0.15, 0.2) is 0 Å². The fourth-order valence-electron chi connectivity index (χ4n) is 2.76. The van der Waals surface area contributed by atoms with E-state index in [4.69, 9.17) is 5.73 Å². The second-order valence-electron chi connectivity index (χ2n) is 6.94. The number of hydrogen-bond acceptors (Lipinski definition) is 2. The summed E-state index contributed by atoms with van der Waals surface area (Å²) in [4.78, 5) is 2.62. The van der Waals surface area contributed by atoms with Crippen molar-refractivity contribution in [2.24, 2.45) is 23.0 Å². The minimum absolute atomic E-state index is 0.389. The van der Waals surface area contributed by atoms with Crippen molar-refractivity contribution in [1.82, 2.24) is 4.90 Å². The van der Waals surface area contributed by atoms with Crippen molar-refractivity contribution in [3.8, 4) is 0 Å². The van der Waals surface area contributed by atoms with Crippen molar-refractivity contribution < 1.29 is 0 Å². The molecule has 2 heteroatoms. The van der Waals surface area contributed by atoms with Gasteiger partial charge in [-0.2, -0.15) is 0 Å². The molecule has 1 heterocycles. The monoisotopic (exact) mass is 226 g/mol. The molecule has 0 aliphatic carbocycles. The SMILES string of the molecule is CC(C)C1CCN(C(CN)CC(C)(C)C)C1. The van der Waals surface area contributed by atoms with Crippen LogP contribution in [0.5, 0.6) is 0 Å². The Morgan fingerprint density at radius 1 is 1.31 bits per heavy atom. The lowest BCUT2D eigenvalue weighted by molar-refractivity contribution is 0.174. The summed E-state index contributed by atoms with van der Waals surface area (Å²) in [5, 5.41) is 0. The molecule has 16 heavy (non-hydrogen) atoms. The molecule has 2 nitrogen and oxygen atoms in total. The molecule has 2 N–H and O–H groups in total. The number of likely N-dealkylation sites (tertiary alicyclic amines) is 1. The quantitative estimate of drug-likeness (QED) is 0.798. The Kier molecular flexibility index (Phi) is 4.81. The predicted molar refractivity (Wildman–Crippen MR) is 71.4 cm³/mol. The van der Waals surface area contributed by atoms with Crippen LogP contribution in [0.25, 0.3) is 0 Å². The van der Waals surface area contributed by atoms with Crippen molar-refractivity contribution in [2.45, 2.75) is 53.5 Å². The highest BCUT2D eigenvalue weighted by Crippen LogP contribution is 2.29. The standard InChI is InChI=1S/C14H30N2/c1-11(2)12-6-7-16(10-12)13(9-15)8-14(3,4)5/h11-13H,6-10,15H2,1-5H3. The molecule has 1 fully saturated rings. The Hall–Kier alpha value is -0.0800. The molecule has 0 saturated carbocycles. The first-order valence-corrected chi connectivity index (χ1v) is 6.77. The minimum atomic E-state index is 0.389. The van der Waals surface area contributed by atoms with Crippen LogP contribution in [0.15, 0.2) is 0 Å². The summed E-state index contributed by atoms with van der Waals surface area (Å²) in [6, 6.07) is 0.587. The molecular formula is C14H30N2. The zero-order chi connectivity index (χ0) is 12.3. The van der Waals surface area contributed by atoms with Crippen molar-refractivity contribution in [2.75, 3.05) is 19.6 Å². The van der Waals surface area contributed by atoms with Crippen LogP contribution < -0.4 is 5.73 Å². The lowest BCUT2D eigenvalue weighted by Crippen LogP contribution is -2.41. The first-order chi connectivity index (χ1) is 7.33. The van der Waals surface area contributed by atoms with Crippen molar-refractivity contribution >= 4 is 0 Å². The molecule has 0 aromatic carbocycles. The van der Waals surface area contributed by atoms with Crippen LogP contribution in [0.4, 0.5) is 0 Å². The van der Waals surface area contributed by atoms with Gasteiger partial charge < -0.3 is 5.73 Å². The molecule has 1 aliphatic rings. The number of nitrogens with two attached hydrogens (primary N) is 1. The molecule has 1 rings (SSSR count). The van der Waals surface area contributed by atoms with E-state index >= 15 is 0 Å². The molecule has 2 atom stereocenters. The van der Waals surface area contributed by atoms with Gasteiger partial charge in [0.25, 0.3) is 0 Å². The number of rotatable bonds is 4. The Labute approximate surface area is 102 Å². The highest BCUT2D eigenvalue weighted by Gasteiger charge is 2.30. The molecular weight excluding hydrogens is 196 g/mol. The Balaban J connectivity index is 2.50. The Bertz CT molecular complexity index is 205. The summed E-state index contributed by atoms with van der Waals surface area (Å²) in [5.41, 5.74) is 6.33. The Morgan fingerprint density at radius 3 is 2.31 bits per heavy atom. The van der Waals surface area contributed by atoms with Crippen LogP contribution in [0, 0.1) is 17.3 Å². The van der Waals surface area contributed by atoms with Gasteiger partial charge >= 0.3 is 0 Å². The molecule has 0 bridgehead atoms. The van der Waals surface area contributed by atoms with Gasteiger partial charge in [-0.25, -0.2) is 0 Å². The summed E-state index contributed by atoms with van der Waals surface area (Å²) in [7, 11) is 0. The van der Waals surface area contributed by atoms with Crippen LogP contribution in [-0.4, -0.2) is 30.6 Å². The lowest BCUT2D eigenvalue weighted by atomic mass is 9.87. The van der Waals surface area contributed by atoms with Gasteiger partial charge in [-0.3, -0.25) is 4.90 Å². The predicted octanol–water partition coefficient (Wildman–Crippen LogP) is 2.73. The third-order valence-corrected chi connectivity index (χ3v) is 3.84.